The summed E-state index contributed by atoms with van der Waals surface area (Å²) in [6.45, 7) is 0. The van der Waals surface area contributed by atoms with E-state index < -0.39 is 5.97 Å². The number of benzene rings is 2. The fraction of sp³-hybridized carbons (Fsp3) is 0.348. The maximum Gasteiger partial charge on any atom is 0.307 e. The smallest absolute Gasteiger partial charge is 0.307 e. The number of carbonyl (C=O) groups is 1. The molecule has 3 aromatic rings. The number of aliphatic carboxylic acids is 1. The van der Waals surface area contributed by atoms with Crippen LogP contribution < -0.4 is 4.74 Å². The maximum atomic E-state index is 11.5. The predicted octanol–water partition coefficient (Wildman–Crippen LogP) is 5.90. The lowest BCUT2D eigenvalue weighted by atomic mass is 9.98. The summed E-state index contributed by atoms with van der Waals surface area (Å²) in [6.07, 6.45) is 8.22. The normalized spacial score (nSPS) is 15.0. The van der Waals surface area contributed by atoms with E-state index in [1.807, 2.05) is 36.6 Å². The molecule has 28 heavy (non-hydrogen) atoms. The number of hydrogen-bond donors (Lipinski definition) is 2. The number of rotatable bonds is 6. The molecule has 4 nitrogen and oxygen atoms in total. The number of thioether (sulfide) groups is 1. The molecule has 0 radical (unpaired) electrons. The second kappa shape index (κ2) is 8.31. The third-order valence-corrected chi connectivity index (χ3v) is 6.18. The van der Waals surface area contributed by atoms with Crippen molar-refractivity contribution in [3.63, 3.8) is 0 Å². The van der Waals surface area contributed by atoms with Crippen LogP contribution in [0.15, 0.2) is 47.4 Å². The highest BCUT2D eigenvalue weighted by Gasteiger charge is 2.19. The fourth-order valence-electron chi connectivity index (χ4n) is 4.01. The molecule has 0 aliphatic heterocycles. The van der Waals surface area contributed by atoms with Gasteiger partial charge in [-0.1, -0.05) is 18.6 Å². The molecular weight excluding hydrogens is 370 g/mol. The number of aromatic nitrogens is 1. The zero-order valence-corrected chi connectivity index (χ0v) is 16.8. The van der Waals surface area contributed by atoms with Crippen molar-refractivity contribution in [1.82, 2.24) is 4.98 Å². The SMILES string of the molecule is CSc1ccc(-c2[nH]c3ccc(OC4CCCCC4)cc3c2CC(=O)O)cc1. The van der Waals surface area contributed by atoms with E-state index in [0.717, 1.165) is 46.3 Å². The van der Waals surface area contributed by atoms with E-state index in [-0.39, 0.29) is 12.5 Å². The van der Waals surface area contributed by atoms with Crippen LogP contribution in [0.2, 0.25) is 0 Å². The Morgan fingerprint density at radius 3 is 2.57 bits per heavy atom. The van der Waals surface area contributed by atoms with E-state index in [0.29, 0.717) is 0 Å². The Hall–Kier alpha value is -2.40. The van der Waals surface area contributed by atoms with Crippen LogP contribution in [0.5, 0.6) is 5.75 Å². The molecule has 0 bridgehead atoms. The Bertz CT molecular complexity index is 971. The lowest BCUT2D eigenvalue weighted by molar-refractivity contribution is -0.136. The number of ether oxygens (including phenoxy) is 1. The van der Waals surface area contributed by atoms with Crippen molar-refractivity contribution in [1.29, 1.82) is 0 Å². The Morgan fingerprint density at radius 1 is 1.14 bits per heavy atom. The zero-order chi connectivity index (χ0) is 19.5. The molecule has 5 heteroatoms. The molecule has 4 rings (SSSR count). The van der Waals surface area contributed by atoms with Crippen molar-refractivity contribution in [3.05, 3.63) is 48.0 Å². The van der Waals surface area contributed by atoms with Gasteiger partial charge in [-0.2, -0.15) is 0 Å². The third kappa shape index (κ3) is 4.04. The fourth-order valence-corrected chi connectivity index (χ4v) is 4.42. The third-order valence-electron chi connectivity index (χ3n) is 5.44. The molecule has 1 aliphatic carbocycles. The second-order valence-corrected chi connectivity index (χ2v) is 8.24. The molecule has 1 saturated carbocycles. The highest BCUT2D eigenvalue weighted by molar-refractivity contribution is 7.98. The van der Waals surface area contributed by atoms with Gasteiger partial charge in [-0.3, -0.25) is 4.79 Å². The molecule has 2 N–H and O–H groups in total. The number of carboxylic acids is 1. The summed E-state index contributed by atoms with van der Waals surface area (Å²) in [7, 11) is 0. The predicted molar refractivity (Wildman–Crippen MR) is 114 cm³/mol. The lowest BCUT2D eigenvalue weighted by Gasteiger charge is -2.23. The van der Waals surface area contributed by atoms with Crippen LogP contribution in [0.3, 0.4) is 0 Å². The van der Waals surface area contributed by atoms with Crippen molar-refractivity contribution < 1.29 is 14.6 Å². The minimum atomic E-state index is -0.832. The quantitative estimate of drug-likeness (QED) is 0.511. The van der Waals surface area contributed by atoms with E-state index in [9.17, 15) is 9.90 Å². The molecule has 0 atom stereocenters. The average Bonchev–Trinajstić information content (AvgIpc) is 3.06. The van der Waals surface area contributed by atoms with Gasteiger partial charge in [-0.05, 0) is 73.4 Å². The minimum Gasteiger partial charge on any atom is -0.490 e. The first-order chi connectivity index (χ1) is 13.6. The standard InChI is InChI=1S/C23H25NO3S/c1-28-18-10-7-15(8-11-18)23-20(14-22(25)26)19-13-17(9-12-21(19)24-23)27-16-5-3-2-4-6-16/h7-13,16,24H,2-6,14H2,1H3,(H,25,26). The van der Waals surface area contributed by atoms with E-state index >= 15 is 0 Å². The van der Waals surface area contributed by atoms with Crippen molar-refractivity contribution in [2.75, 3.05) is 6.26 Å². The lowest BCUT2D eigenvalue weighted by Crippen LogP contribution is -2.19. The molecule has 0 amide bonds. The highest BCUT2D eigenvalue weighted by atomic mass is 32.2. The van der Waals surface area contributed by atoms with Gasteiger partial charge in [0, 0.05) is 15.8 Å². The monoisotopic (exact) mass is 395 g/mol. The summed E-state index contributed by atoms with van der Waals surface area (Å²) in [5.74, 6) is -0.00388. The Balaban J connectivity index is 1.73. The summed E-state index contributed by atoms with van der Waals surface area (Å²) < 4.78 is 6.20. The highest BCUT2D eigenvalue weighted by Crippen LogP contribution is 2.34. The average molecular weight is 396 g/mol. The number of hydrogen-bond acceptors (Lipinski definition) is 3. The first-order valence-corrected chi connectivity index (χ1v) is 11.0. The second-order valence-electron chi connectivity index (χ2n) is 7.36. The van der Waals surface area contributed by atoms with E-state index in [2.05, 4.69) is 17.1 Å². The molecule has 0 saturated heterocycles. The van der Waals surface area contributed by atoms with Crippen molar-refractivity contribution >= 4 is 28.6 Å². The van der Waals surface area contributed by atoms with Gasteiger partial charge < -0.3 is 14.8 Å². The van der Waals surface area contributed by atoms with Gasteiger partial charge >= 0.3 is 5.97 Å². The molecule has 1 heterocycles. The molecule has 0 unspecified atom stereocenters. The van der Waals surface area contributed by atoms with Gasteiger partial charge in [0.2, 0.25) is 0 Å². The van der Waals surface area contributed by atoms with E-state index in [4.69, 9.17) is 4.74 Å². The van der Waals surface area contributed by atoms with Gasteiger partial charge in [0.1, 0.15) is 5.75 Å². The molecular formula is C23H25NO3S. The summed E-state index contributed by atoms with van der Waals surface area (Å²) in [5.41, 5.74) is 3.63. The largest absolute Gasteiger partial charge is 0.490 e. The van der Waals surface area contributed by atoms with Crippen molar-refractivity contribution in [2.24, 2.45) is 0 Å². The Kier molecular flexibility index (Phi) is 5.62. The van der Waals surface area contributed by atoms with Crippen LogP contribution in [0, 0.1) is 0 Å². The summed E-state index contributed by atoms with van der Waals surface area (Å²) in [4.78, 5) is 16.2. The zero-order valence-electron chi connectivity index (χ0n) is 16.0. The van der Waals surface area contributed by atoms with Gasteiger partial charge in [0.25, 0.3) is 0 Å². The Morgan fingerprint density at radius 2 is 1.89 bits per heavy atom. The number of nitrogens with one attached hydrogen (secondary N) is 1. The molecule has 2 aromatic carbocycles. The number of fused-ring (bicyclic) bond motifs is 1. The topological polar surface area (TPSA) is 62.3 Å². The maximum absolute atomic E-state index is 11.5. The number of aromatic amines is 1. The van der Waals surface area contributed by atoms with Crippen molar-refractivity contribution in [2.45, 2.75) is 49.5 Å². The summed E-state index contributed by atoms with van der Waals surface area (Å²) >= 11 is 1.69. The van der Waals surface area contributed by atoms with Gasteiger partial charge in [0.15, 0.2) is 0 Å². The number of H-pyrrole nitrogens is 1. The van der Waals surface area contributed by atoms with Crippen LogP contribution in [-0.4, -0.2) is 28.4 Å². The molecule has 1 fully saturated rings. The van der Waals surface area contributed by atoms with Gasteiger partial charge in [0.05, 0.1) is 18.2 Å². The van der Waals surface area contributed by atoms with E-state index in [1.54, 1.807) is 11.8 Å². The first-order valence-electron chi connectivity index (χ1n) is 9.81. The minimum absolute atomic E-state index is 0.0213. The van der Waals surface area contributed by atoms with Crippen LogP contribution in [0.1, 0.15) is 37.7 Å². The first kappa shape index (κ1) is 18.9. The molecule has 1 aromatic heterocycles. The molecule has 1 aliphatic rings. The van der Waals surface area contributed by atoms with Gasteiger partial charge in [-0.15, -0.1) is 11.8 Å². The summed E-state index contributed by atoms with van der Waals surface area (Å²) in [5, 5.41) is 10.4. The molecule has 0 spiro atoms. The van der Waals surface area contributed by atoms with Gasteiger partial charge in [-0.25, -0.2) is 0 Å². The van der Waals surface area contributed by atoms with Crippen LogP contribution in [0.25, 0.3) is 22.2 Å². The van der Waals surface area contributed by atoms with Crippen molar-refractivity contribution in [3.8, 4) is 17.0 Å². The summed E-state index contributed by atoms with van der Waals surface area (Å²) in [6, 6.07) is 14.2. The molecule has 146 valence electrons. The van der Waals surface area contributed by atoms with Crippen LogP contribution >= 0.6 is 11.8 Å². The number of carboxylic acid groups (broad SMARTS) is 1. The van der Waals surface area contributed by atoms with Crippen LogP contribution in [0.4, 0.5) is 0 Å². The van der Waals surface area contributed by atoms with Crippen LogP contribution in [-0.2, 0) is 11.2 Å². The Labute approximate surface area is 169 Å². The van der Waals surface area contributed by atoms with E-state index in [1.165, 1.54) is 24.2 Å².